The van der Waals surface area contributed by atoms with Gasteiger partial charge in [-0.25, -0.2) is 9.59 Å². The molecule has 26 heavy (non-hydrogen) atoms. The lowest BCUT2D eigenvalue weighted by Gasteiger charge is -2.11. The summed E-state index contributed by atoms with van der Waals surface area (Å²) in [5, 5.41) is 5.90. The Hall–Kier alpha value is -2.65. The van der Waals surface area contributed by atoms with E-state index in [1.807, 2.05) is 6.92 Å². The molecule has 0 radical (unpaired) electrons. The van der Waals surface area contributed by atoms with E-state index < -0.39 is 11.9 Å². The number of carbonyl (C=O) groups excluding carboxylic acids is 3. The molecular weight excluding hydrogens is 360 g/mol. The topological polar surface area (TPSA) is 107 Å². The van der Waals surface area contributed by atoms with Crippen molar-refractivity contribution in [1.29, 1.82) is 0 Å². The summed E-state index contributed by atoms with van der Waals surface area (Å²) in [6.07, 6.45) is 1.55. The minimum atomic E-state index is -0.638. The van der Waals surface area contributed by atoms with Crippen molar-refractivity contribution in [3.05, 3.63) is 40.2 Å². The fraction of sp³-hybridized carbons (Fsp3) is 0.353. The van der Waals surface area contributed by atoms with E-state index in [1.165, 1.54) is 14.2 Å². The van der Waals surface area contributed by atoms with Gasteiger partial charge in [0.1, 0.15) is 15.6 Å². The Labute approximate surface area is 154 Å². The summed E-state index contributed by atoms with van der Waals surface area (Å²) in [7, 11) is 2.48. The Morgan fingerprint density at radius 1 is 1.23 bits per heavy atom. The molecule has 0 saturated heterocycles. The van der Waals surface area contributed by atoms with Crippen LogP contribution in [0.3, 0.4) is 0 Å². The number of methoxy groups -OCH3 is 2. The summed E-state index contributed by atoms with van der Waals surface area (Å²) in [5.74, 6) is -0.886. The lowest BCUT2D eigenvalue weighted by Crippen LogP contribution is -2.30. The maximum atomic E-state index is 12.2. The number of ether oxygens (including phenoxy) is 2. The van der Waals surface area contributed by atoms with Crippen LogP contribution in [0.2, 0.25) is 0 Å². The van der Waals surface area contributed by atoms with Gasteiger partial charge in [0.2, 0.25) is 5.91 Å². The van der Waals surface area contributed by atoms with Crippen molar-refractivity contribution < 1.29 is 28.3 Å². The van der Waals surface area contributed by atoms with Crippen molar-refractivity contribution in [1.82, 2.24) is 5.32 Å². The van der Waals surface area contributed by atoms with Crippen molar-refractivity contribution >= 4 is 34.2 Å². The zero-order valence-corrected chi connectivity index (χ0v) is 15.7. The number of furan rings is 1. The summed E-state index contributed by atoms with van der Waals surface area (Å²) in [6, 6.07) is 3.40. The predicted molar refractivity (Wildman–Crippen MR) is 95.5 cm³/mol. The molecule has 2 heterocycles. The van der Waals surface area contributed by atoms with Gasteiger partial charge in [-0.15, -0.1) is 11.3 Å². The van der Waals surface area contributed by atoms with Crippen molar-refractivity contribution in [2.45, 2.75) is 19.9 Å². The fourth-order valence-corrected chi connectivity index (χ4v) is 3.42. The molecule has 0 saturated carbocycles. The Kier molecular flexibility index (Phi) is 6.53. The maximum Gasteiger partial charge on any atom is 0.348 e. The molecule has 2 aromatic heterocycles. The molecule has 140 valence electrons. The molecule has 1 amide bonds. The summed E-state index contributed by atoms with van der Waals surface area (Å²) in [4.78, 5) is 36.4. The van der Waals surface area contributed by atoms with Crippen LogP contribution >= 0.6 is 11.3 Å². The Morgan fingerprint density at radius 3 is 2.50 bits per heavy atom. The van der Waals surface area contributed by atoms with Gasteiger partial charge in [0, 0.05) is 0 Å². The zero-order valence-electron chi connectivity index (χ0n) is 14.9. The van der Waals surface area contributed by atoms with Crippen molar-refractivity contribution in [3.8, 4) is 0 Å². The number of nitrogens with one attached hydrogen (secondary N) is 2. The lowest BCUT2D eigenvalue weighted by molar-refractivity contribution is -0.115. The third-order valence-corrected chi connectivity index (χ3v) is 4.89. The van der Waals surface area contributed by atoms with Crippen LogP contribution in [0.25, 0.3) is 0 Å². The minimum Gasteiger partial charge on any atom is -0.468 e. The van der Waals surface area contributed by atoms with Crippen LogP contribution in [0, 0.1) is 6.92 Å². The fourth-order valence-electron chi connectivity index (χ4n) is 2.29. The van der Waals surface area contributed by atoms with Crippen LogP contribution in [-0.2, 0) is 14.3 Å². The largest absolute Gasteiger partial charge is 0.468 e. The van der Waals surface area contributed by atoms with E-state index in [0.717, 1.165) is 11.3 Å². The minimum absolute atomic E-state index is 0.00696. The van der Waals surface area contributed by atoms with E-state index in [0.29, 0.717) is 11.3 Å². The molecule has 0 fully saturated rings. The molecule has 0 aliphatic heterocycles. The summed E-state index contributed by atoms with van der Waals surface area (Å²) in [5.41, 5.74) is 0.547. The van der Waals surface area contributed by atoms with E-state index in [2.05, 4.69) is 10.6 Å². The normalized spacial score (nSPS) is 11.7. The van der Waals surface area contributed by atoms with Gasteiger partial charge in [0.05, 0.1) is 38.6 Å². The number of hydrogen-bond acceptors (Lipinski definition) is 8. The second-order valence-electron chi connectivity index (χ2n) is 5.41. The first-order valence-electron chi connectivity index (χ1n) is 7.75. The van der Waals surface area contributed by atoms with Gasteiger partial charge >= 0.3 is 11.9 Å². The van der Waals surface area contributed by atoms with Crippen molar-refractivity contribution in [3.63, 3.8) is 0 Å². The van der Waals surface area contributed by atoms with Gasteiger partial charge < -0.3 is 19.2 Å². The van der Waals surface area contributed by atoms with Gasteiger partial charge in [-0.2, -0.15) is 0 Å². The molecule has 1 atom stereocenters. The zero-order chi connectivity index (χ0) is 19.3. The number of thiophene rings is 1. The van der Waals surface area contributed by atoms with Crippen LogP contribution in [0.15, 0.2) is 22.8 Å². The molecule has 9 heteroatoms. The Bertz CT molecular complexity index is 797. The number of rotatable bonds is 7. The first-order chi connectivity index (χ1) is 12.4. The van der Waals surface area contributed by atoms with Gasteiger partial charge in [0.15, 0.2) is 0 Å². The van der Waals surface area contributed by atoms with E-state index in [9.17, 15) is 14.4 Å². The van der Waals surface area contributed by atoms with E-state index in [1.54, 1.807) is 25.3 Å². The standard InChI is InChI=1S/C17H20N2O6S/c1-9-13(16(21)23-3)15(26-14(9)17(22)24-4)19-12(20)8-18-10(2)11-6-5-7-25-11/h5-7,10,18H,8H2,1-4H3,(H,19,20)/t10-/m0/s1. The molecule has 0 aromatic carbocycles. The first kappa shape index (κ1) is 19.7. The van der Waals surface area contributed by atoms with Crippen LogP contribution in [0.1, 0.15) is 44.3 Å². The Morgan fingerprint density at radius 2 is 1.92 bits per heavy atom. The van der Waals surface area contributed by atoms with Gasteiger partial charge in [-0.05, 0) is 31.5 Å². The molecule has 0 unspecified atom stereocenters. The number of amides is 1. The molecule has 0 spiro atoms. The van der Waals surface area contributed by atoms with Crippen LogP contribution < -0.4 is 10.6 Å². The molecule has 0 aliphatic rings. The van der Waals surface area contributed by atoms with Crippen molar-refractivity contribution in [2.24, 2.45) is 0 Å². The Balaban J connectivity index is 2.13. The monoisotopic (exact) mass is 380 g/mol. The highest BCUT2D eigenvalue weighted by atomic mass is 32.1. The number of esters is 2. The average Bonchev–Trinajstić information content (AvgIpc) is 3.27. The van der Waals surface area contributed by atoms with Gasteiger partial charge in [-0.3, -0.25) is 10.1 Å². The number of hydrogen-bond donors (Lipinski definition) is 2. The van der Waals surface area contributed by atoms with Crippen LogP contribution in [-0.4, -0.2) is 38.6 Å². The van der Waals surface area contributed by atoms with Crippen LogP contribution in [0.5, 0.6) is 0 Å². The quantitative estimate of drug-likeness (QED) is 0.711. The van der Waals surface area contributed by atoms with E-state index in [4.69, 9.17) is 13.9 Å². The second-order valence-corrected chi connectivity index (χ2v) is 6.43. The molecule has 8 nitrogen and oxygen atoms in total. The molecule has 2 aromatic rings. The number of anilines is 1. The summed E-state index contributed by atoms with van der Waals surface area (Å²) < 4.78 is 14.7. The number of carbonyl (C=O) groups is 3. The molecule has 2 rings (SSSR count). The second kappa shape index (κ2) is 8.63. The van der Waals surface area contributed by atoms with E-state index in [-0.39, 0.29) is 33.9 Å². The molecule has 0 bridgehead atoms. The van der Waals surface area contributed by atoms with Gasteiger partial charge in [-0.1, -0.05) is 0 Å². The molecule has 2 N–H and O–H groups in total. The average molecular weight is 380 g/mol. The van der Waals surface area contributed by atoms with Crippen LogP contribution in [0.4, 0.5) is 5.00 Å². The highest BCUT2D eigenvalue weighted by molar-refractivity contribution is 7.18. The maximum absolute atomic E-state index is 12.2. The van der Waals surface area contributed by atoms with Crippen molar-refractivity contribution in [2.75, 3.05) is 26.1 Å². The highest BCUT2D eigenvalue weighted by Gasteiger charge is 2.26. The smallest absolute Gasteiger partial charge is 0.348 e. The highest BCUT2D eigenvalue weighted by Crippen LogP contribution is 2.34. The third-order valence-electron chi connectivity index (χ3n) is 3.70. The van der Waals surface area contributed by atoms with Gasteiger partial charge in [0.25, 0.3) is 0 Å². The third kappa shape index (κ3) is 4.30. The van der Waals surface area contributed by atoms with E-state index >= 15 is 0 Å². The molecule has 0 aliphatic carbocycles. The summed E-state index contributed by atoms with van der Waals surface area (Å²) in [6.45, 7) is 3.45. The first-order valence-corrected chi connectivity index (χ1v) is 8.57. The SMILES string of the molecule is COC(=O)c1sc(NC(=O)CN[C@@H](C)c2ccco2)c(C(=O)OC)c1C. The lowest BCUT2D eigenvalue weighted by atomic mass is 10.1. The predicted octanol–water partition coefficient (Wildman–Crippen LogP) is 2.51. The summed E-state index contributed by atoms with van der Waals surface area (Å²) >= 11 is 0.969. The molecular formula is C17H20N2O6S.